The minimum atomic E-state index is -0.0501. The van der Waals surface area contributed by atoms with Crippen LogP contribution in [0.1, 0.15) is 158 Å². The van der Waals surface area contributed by atoms with Crippen LogP contribution in [0.15, 0.2) is 109 Å². The second-order valence-corrected chi connectivity index (χ2v) is 26.6. The largest absolute Gasteiger partial charge is 0.311 e. The molecule has 1 aromatic heterocycles. The first-order valence-electron chi connectivity index (χ1n) is 24.2. The van der Waals surface area contributed by atoms with Crippen LogP contribution in [0.3, 0.4) is 0 Å². The fourth-order valence-corrected chi connectivity index (χ4v) is 10.8. The molecule has 5 heteroatoms. The van der Waals surface area contributed by atoms with Gasteiger partial charge in [0.1, 0.15) is 5.01 Å². The van der Waals surface area contributed by atoms with Crippen molar-refractivity contribution in [1.82, 2.24) is 4.98 Å². The number of fused-ring (bicyclic) bond motifs is 5. The molecule has 0 fully saturated rings. The number of aromatic nitrogens is 1. The van der Waals surface area contributed by atoms with Gasteiger partial charge in [0.05, 0.1) is 10.2 Å². The van der Waals surface area contributed by atoms with E-state index in [9.17, 15) is 0 Å². The predicted molar refractivity (Wildman–Crippen MR) is 291 cm³/mol. The van der Waals surface area contributed by atoms with Gasteiger partial charge >= 0.3 is 0 Å². The molecule has 6 aromatic carbocycles. The normalized spacial score (nSPS) is 14.4. The topological polar surface area (TPSA) is 19.4 Å². The van der Waals surface area contributed by atoms with Crippen molar-refractivity contribution in [3.8, 4) is 10.6 Å². The molecule has 340 valence electrons. The van der Waals surface area contributed by atoms with Gasteiger partial charge in [-0.1, -0.05) is 179 Å². The highest BCUT2D eigenvalue weighted by Crippen LogP contribution is 2.48. The third-order valence-electron chi connectivity index (χ3n) is 14.2. The van der Waals surface area contributed by atoms with Crippen LogP contribution >= 0.6 is 11.3 Å². The molecule has 2 aliphatic rings. The molecule has 0 amide bonds. The number of hydrogen-bond acceptors (Lipinski definition) is 4. The van der Waals surface area contributed by atoms with E-state index < -0.39 is 0 Å². The molecule has 0 spiro atoms. The molecule has 3 heterocycles. The van der Waals surface area contributed by atoms with Crippen LogP contribution in [0.4, 0.5) is 34.1 Å². The zero-order valence-electron chi connectivity index (χ0n) is 43.2. The van der Waals surface area contributed by atoms with E-state index in [2.05, 4.69) is 244 Å². The quantitative estimate of drug-likeness (QED) is 0.165. The molecule has 9 rings (SSSR count). The standard InChI is InChI=1S/C61H72BN3S/c1-56(2,3)38-24-22-37(23-25-38)55-63-48-36-52-47(35-53(48)66-55)62-46-34-39(57(4,5)6)26-27-49(46)64(44-30-40(58(7,8)9)28-41(31-44)59(10,11)12)50-20-19-21-51(54(50)62)65(52)45-32-42(60(13,14)15)29-43(33-45)61(16,17)18/h19-36H,1-18H3. The maximum absolute atomic E-state index is 5.45. The zero-order valence-corrected chi connectivity index (χ0v) is 44.0. The van der Waals surface area contributed by atoms with Crippen molar-refractivity contribution >= 4 is 78.8 Å². The van der Waals surface area contributed by atoms with E-state index in [1.54, 1.807) is 0 Å². The van der Waals surface area contributed by atoms with E-state index in [-0.39, 0.29) is 39.2 Å². The first-order chi connectivity index (χ1) is 30.5. The summed E-state index contributed by atoms with van der Waals surface area (Å²) in [5, 5.41) is 1.06. The van der Waals surface area contributed by atoms with Gasteiger partial charge < -0.3 is 9.80 Å². The summed E-state index contributed by atoms with van der Waals surface area (Å²) in [4.78, 5) is 10.6. The van der Waals surface area contributed by atoms with E-state index in [4.69, 9.17) is 4.98 Å². The Kier molecular flexibility index (Phi) is 10.6. The second-order valence-electron chi connectivity index (χ2n) is 25.6. The average Bonchev–Trinajstić information content (AvgIpc) is 3.63. The number of hydrogen-bond donors (Lipinski definition) is 0. The highest BCUT2D eigenvalue weighted by atomic mass is 32.1. The number of benzene rings is 6. The molecule has 66 heavy (non-hydrogen) atoms. The van der Waals surface area contributed by atoms with Crippen molar-refractivity contribution in [2.24, 2.45) is 0 Å². The van der Waals surface area contributed by atoms with Gasteiger partial charge in [-0.2, -0.15) is 0 Å². The number of anilines is 6. The molecule has 0 saturated heterocycles. The van der Waals surface area contributed by atoms with Crippen LogP contribution in [-0.4, -0.2) is 11.7 Å². The second kappa shape index (κ2) is 15.2. The summed E-state index contributed by atoms with van der Waals surface area (Å²) < 4.78 is 1.21. The Balaban J connectivity index is 1.38. The third kappa shape index (κ3) is 8.12. The van der Waals surface area contributed by atoms with Gasteiger partial charge in [0.15, 0.2) is 0 Å². The van der Waals surface area contributed by atoms with Crippen molar-refractivity contribution in [3.05, 3.63) is 143 Å². The molecule has 0 saturated carbocycles. The molecule has 0 aliphatic carbocycles. The Morgan fingerprint density at radius 2 is 0.818 bits per heavy atom. The van der Waals surface area contributed by atoms with Crippen LogP contribution in [0.25, 0.3) is 20.8 Å². The lowest BCUT2D eigenvalue weighted by molar-refractivity contribution is 0.568. The first-order valence-corrected chi connectivity index (χ1v) is 25.1. The number of thiazole rings is 1. The summed E-state index contributed by atoms with van der Waals surface area (Å²) in [7, 11) is 0. The Bertz CT molecular complexity index is 2970. The Labute approximate surface area is 401 Å². The SMILES string of the molecule is CC(C)(C)c1ccc(-c2nc3cc4c(cc3s2)B2c3cc(C(C)(C)C)ccc3N(c3cc(C(C)(C)C)cc(C(C)(C)C)c3)c3cccc(c32)N4c2cc(C(C)(C)C)cc(C(C)(C)C)c2)cc1. The van der Waals surface area contributed by atoms with Crippen LogP contribution < -0.4 is 26.2 Å². The lowest BCUT2D eigenvalue weighted by Crippen LogP contribution is -2.61. The molecular weight excluding hydrogens is 818 g/mol. The van der Waals surface area contributed by atoms with Crippen LogP contribution in [0, 0.1) is 0 Å². The minimum absolute atomic E-state index is 0.00205. The van der Waals surface area contributed by atoms with E-state index in [1.807, 2.05) is 11.3 Å². The van der Waals surface area contributed by atoms with Gasteiger partial charge in [0.25, 0.3) is 6.71 Å². The van der Waals surface area contributed by atoms with Crippen LogP contribution in [0.5, 0.6) is 0 Å². The van der Waals surface area contributed by atoms with Gasteiger partial charge in [0.2, 0.25) is 0 Å². The zero-order chi connectivity index (χ0) is 47.8. The van der Waals surface area contributed by atoms with E-state index in [1.165, 1.54) is 88.6 Å². The smallest absolute Gasteiger partial charge is 0.252 e. The highest BCUT2D eigenvalue weighted by molar-refractivity contribution is 7.21. The van der Waals surface area contributed by atoms with E-state index >= 15 is 0 Å². The molecule has 0 bridgehead atoms. The third-order valence-corrected chi connectivity index (χ3v) is 15.2. The number of rotatable bonds is 3. The van der Waals surface area contributed by atoms with Gasteiger partial charge in [-0.05, 0) is 137 Å². The van der Waals surface area contributed by atoms with Crippen molar-refractivity contribution in [2.45, 2.75) is 157 Å². The molecule has 3 nitrogen and oxygen atoms in total. The van der Waals surface area contributed by atoms with Gasteiger partial charge in [-0.3, -0.25) is 0 Å². The van der Waals surface area contributed by atoms with Crippen LogP contribution in [-0.2, 0) is 32.5 Å². The average molecular weight is 890 g/mol. The molecule has 0 unspecified atom stereocenters. The Morgan fingerprint density at radius 3 is 1.27 bits per heavy atom. The fraction of sp³-hybridized carbons (Fsp3) is 0.393. The maximum Gasteiger partial charge on any atom is 0.252 e. The summed E-state index contributed by atoms with van der Waals surface area (Å²) in [6, 6.07) is 43.1. The Hall–Kier alpha value is -5.13. The first kappa shape index (κ1) is 46.0. The van der Waals surface area contributed by atoms with Crippen molar-refractivity contribution < 1.29 is 0 Å². The molecule has 0 atom stereocenters. The molecule has 2 aliphatic heterocycles. The van der Waals surface area contributed by atoms with Crippen LogP contribution in [0.2, 0.25) is 0 Å². The van der Waals surface area contributed by atoms with Crippen molar-refractivity contribution in [3.63, 3.8) is 0 Å². The minimum Gasteiger partial charge on any atom is -0.311 e. The van der Waals surface area contributed by atoms with Crippen molar-refractivity contribution in [1.29, 1.82) is 0 Å². The summed E-state index contributed by atoms with van der Waals surface area (Å²) in [6.45, 7) is 42.0. The monoisotopic (exact) mass is 890 g/mol. The predicted octanol–water partition coefficient (Wildman–Crippen LogP) is 15.8. The molecule has 7 aromatic rings. The summed E-state index contributed by atoms with van der Waals surface area (Å²) >= 11 is 1.82. The Morgan fingerprint density at radius 1 is 0.394 bits per heavy atom. The number of nitrogens with zero attached hydrogens (tertiary/aromatic N) is 3. The lowest BCUT2D eigenvalue weighted by atomic mass is 9.33. The summed E-state index contributed by atoms with van der Waals surface area (Å²) in [5.74, 6) is 0. The van der Waals surface area contributed by atoms with E-state index in [0.29, 0.717) is 0 Å². The summed E-state index contributed by atoms with van der Waals surface area (Å²) in [6.07, 6.45) is 0. The fourth-order valence-electron chi connectivity index (χ4n) is 9.83. The lowest BCUT2D eigenvalue weighted by Gasteiger charge is -2.45. The molecule has 0 N–H and O–H groups in total. The van der Waals surface area contributed by atoms with E-state index in [0.717, 1.165) is 16.1 Å². The van der Waals surface area contributed by atoms with Crippen molar-refractivity contribution in [2.75, 3.05) is 9.80 Å². The van der Waals surface area contributed by atoms with Gasteiger partial charge in [-0.15, -0.1) is 11.3 Å². The molecular formula is C61H72BN3S. The summed E-state index contributed by atoms with van der Waals surface area (Å²) in [5.41, 5.74) is 21.5. The van der Waals surface area contributed by atoms with Gasteiger partial charge in [-0.25, -0.2) is 4.98 Å². The maximum atomic E-state index is 5.45. The van der Waals surface area contributed by atoms with Gasteiger partial charge in [0, 0.05) is 39.7 Å². The molecule has 0 radical (unpaired) electrons. The highest BCUT2D eigenvalue weighted by Gasteiger charge is 2.44.